The van der Waals surface area contributed by atoms with Gasteiger partial charge in [0.2, 0.25) is 0 Å². The lowest BCUT2D eigenvalue weighted by Crippen LogP contribution is -2.31. The maximum absolute atomic E-state index is 13.3. The van der Waals surface area contributed by atoms with E-state index in [0.717, 1.165) is 21.9 Å². The van der Waals surface area contributed by atoms with Crippen LogP contribution >= 0.6 is 0 Å². The molecule has 2 amide bonds. The monoisotopic (exact) mass is 486 g/mol. The van der Waals surface area contributed by atoms with E-state index in [2.05, 4.69) is 10.6 Å². The molecule has 0 unspecified atom stereocenters. The van der Waals surface area contributed by atoms with Crippen molar-refractivity contribution in [3.63, 3.8) is 0 Å². The summed E-state index contributed by atoms with van der Waals surface area (Å²) in [6.45, 7) is 2.05. The summed E-state index contributed by atoms with van der Waals surface area (Å²) >= 11 is 0. The fourth-order valence-electron chi connectivity index (χ4n) is 3.82. The minimum atomic E-state index is -0.378. The van der Waals surface area contributed by atoms with Crippen molar-refractivity contribution < 1.29 is 23.5 Å². The lowest BCUT2D eigenvalue weighted by Gasteiger charge is -2.15. The molecule has 4 aromatic rings. The average molecular weight is 487 g/mol. The number of halogens is 1. The van der Waals surface area contributed by atoms with E-state index in [0.29, 0.717) is 35.7 Å². The standard InChI is InChI=1S/C29H27FN2O4/c1-19-7-12-26(35-2)25(15-19)32-29(34)24-16-21-5-3-4-6-22(21)17-27(24)36-18-28(33)31-14-13-20-8-10-23(30)11-9-20/h3-12,15-17H,13-14,18H2,1-2H3,(H,31,33)(H,32,34). The third kappa shape index (κ3) is 6.18. The van der Waals surface area contributed by atoms with Crippen LogP contribution < -0.4 is 20.1 Å². The number of fused-ring (bicyclic) bond motifs is 1. The van der Waals surface area contributed by atoms with Gasteiger partial charge >= 0.3 is 0 Å². The summed E-state index contributed by atoms with van der Waals surface area (Å²) in [5.74, 6) is -0.162. The second kappa shape index (κ2) is 11.4. The number of carbonyl (C=O) groups excluding carboxylic acids is 2. The summed E-state index contributed by atoms with van der Waals surface area (Å²) in [5.41, 5.74) is 2.73. The quantitative estimate of drug-likeness (QED) is 0.337. The van der Waals surface area contributed by atoms with Crippen LogP contribution in [0.5, 0.6) is 11.5 Å². The first-order valence-corrected chi connectivity index (χ1v) is 11.6. The van der Waals surface area contributed by atoms with E-state index in [1.165, 1.54) is 12.1 Å². The van der Waals surface area contributed by atoms with Gasteiger partial charge in [0.1, 0.15) is 17.3 Å². The van der Waals surface area contributed by atoms with E-state index in [4.69, 9.17) is 9.47 Å². The Labute approximate surface area is 209 Å². The minimum absolute atomic E-state index is 0.254. The highest BCUT2D eigenvalue weighted by molar-refractivity contribution is 6.09. The largest absolute Gasteiger partial charge is 0.495 e. The van der Waals surface area contributed by atoms with E-state index in [1.54, 1.807) is 37.4 Å². The highest BCUT2D eigenvalue weighted by atomic mass is 19.1. The third-order valence-corrected chi connectivity index (χ3v) is 5.70. The molecular formula is C29H27FN2O4. The van der Waals surface area contributed by atoms with E-state index < -0.39 is 0 Å². The average Bonchev–Trinajstić information content (AvgIpc) is 2.88. The molecule has 6 nitrogen and oxygen atoms in total. The van der Waals surface area contributed by atoms with Gasteiger partial charge in [-0.1, -0.05) is 42.5 Å². The highest BCUT2D eigenvalue weighted by Crippen LogP contribution is 2.30. The summed E-state index contributed by atoms with van der Waals surface area (Å²) in [5, 5.41) is 7.44. The summed E-state index contributed by atoms with van der Waals surface area (Å²) in [6, 6.07) is 22.8. The fraction of sp³-hybridized carbons (Fsp3) is 0.172. The molecule has 0 atom stereocenters. The Hall–Kier alpha value is -4.39. The van der Waals surface area contributed by atoms with Crippen molar-refractivity contribution in [2.24, 2.45) is 0 Å². The van der Waals surface area contributed by atoms with Crippen molar-refractivity contribution in [2.75, 3.05) is 25.6 Å². The third-order valence-electron chi connectivity index (χ3n) is 5.70. The molecule has 0 bridgehead atoms. The van der Waals surface area contributed by atoms with Crippen molar-refractivity contribution in [1.29, 1.82) is 0 Å². The highest BCUT2D eigenvalue weighted by Gasteiger charge is 2.17. The van der Waals surface area contributed by atoms with Gasteiger partial charge in [-0.3, -0.25) is 9.59 Å². The molecule has 0 aliphatic heterocycles. The fourth-order valence-corrected chi connectivity index (χ4v) is 3.82. The number of carbonyl (C=O) groups is 2. The first-order chi connectivity index (χ1) is 17.4. The molecule has 0 aliphatic rings. The predicted octanol–water partition coefficient (Wildman–Crippen LogP) is 5.29. The van der Waals surface area contributed by atoms with Crippen molar-refractivity contribution in [1.82, 2.24) is 5.32 Å². The molecule has 0 heterocycles. The molecule has 0 radical (unpaired) electrons. The van der Waals surface area contributed by atoms with Gasteiger partial charge in [-0.25, -0.2) is 4.39 Å². The number of benzene rings is 4. The number of hydrogen-bond donors (Lipinski definition) is 2. The number of hydrogen-bond acceptors (Lipinski definition) is 4. The summed E-state index contributed by atoms with van der Waals surface area (Å²) < 4.78 is 24.2. The maximum Gasteiger partial charge on any atom is 0.259 e. The molecule has 36 heavy (non-hydrogen) atoms. The Morgan fingerprint density at radius 2 is 1.61 bits per heavy atom. The van der Waals surface area contributed by atoms with E-state index >= 15 is 0 Å². The Morgan fingerprint density at radius 1 is 0.889 bits per heavy atom. The Balaban J connectivity index is 1.47. The van der Waals surface area contributed by atoms with Crippen LogP contribution in [-0.2, 0) is 11.2 Å². The summed E-state index contributed by atoms with van der Waals surface area (Å²) in [6.07, 6.45) is 0.563. The van der Waals surface area contributed by atoms with Crippen LogP contribution in [0.1, 0.15) is 21.5 Å². The molecule has 0 aromatic heterocycles. The smallest absolute Gasteiger partial charge is 0.259 e. The van der Waals surface area contributed by atoms with Gasteiger partial charge in [0.25, 0.3) is 11.8 Å². The molecule has 0 saturated carbocycles. The van der Waals surface area contributed by atoms with Crippen molar-refractivity contribution in [2.45, 2.75) is 13.3 Å². The predicted molar refractivity (Wildman–Crippen MR) is 138 cm³/mol. The number of aryl methyl sites for hydroxylation is 1. The van der Waals surface area contributed by atoms with Crippen molar-refractivity contribution >= 4 is 28.3 Å². The first-order valence-electron chi connectivity index (χ1n) is 11.6. The van der Waals surface area contributed by atoms with Gasteiger partial charge in [0.05, 0.1) is 18.4 Å². The van der Waals surface area contributed by atoms with Crippen LogP contribution in [0.25, 0.3) is 10.8 Å². The molecular weight excluding hydrogens is 459 g/mol. The van der Waals surface area contributed by atoms with Crippen molar-refractivity contribution in [3.8, 4) is 11.5 Å². The molecule has 0 aliphatic carbocycles. The van der Waals surface area contributed by atoms with Gasteiger partial charge < -0.3 is 20.1 Å². The van der Waals surface area contributed by atoms with Crippen LogP contribution in [0.3, 0.4) is 0 Å². The molecule has 0 fully saturated rings. The van der Waals surface area contributed by atoms with E-state index in [9.17, 15) is 14.0 Å². The zero-order valence-electron chi connectivity index (χ0n) is 20.1. The van der Waals surface area contributed by atoms with Crippen LogP contribution in [0.4, 0.5) is 10.1 Å². The molecule has 4 rings (SSSR count). The molecule has 0 saturated heterocycles. The van der Waals surface area contributed by atoms with Crippen LogP contribution in [0.15, 0.2) is 78.9 Å². The molecule has 184 valence electrons. The molecule has 7 heteroatoms. The molecule has 2 N–H and O–H groups in total. The number of anilines is 1. The number of rotatable bonds is 9. The van der Waals surface area contributed by atoms with Crippen LogP contribution in [-0.4, -0.2) is 32.1 Å². The van der Waals surface area contributed by atoms with E-state index in [1.807, 2.05) is 43.3 Å². The van der Waals surface area contributed by atoms with Gasteiger partial charge in [0, 0.05) is 6.54 Å². The second-order valence-electron chi connectivity index (χ2n) is 8.37. The summed E-state index contributed by atoms with van der Waals surface area (Å²) in [7, 11) is 1.54. The second-order valence-corrected chi connectivity index (χ2v) is 8.37. The number of methoxy groups -OCH3 is 1. The van der Waals surface area contributed by atoms with Crippen LogP contribution in [0.2, 0.25) is 0 Å². The Bertz CT molecular complexity index is 1390. The summed E-state index contributed by atoms with van der Waals surface area (Å²) in [4.78, 5) is 25.7. The Kier molecular flexibility index (Phi) is 7.80. The normalized spacial score (nSPS) is 10.6. The minimum Gasteiger partial charge on any atom is -0.495 e. The SMILES string of the molecule is COc1ccc(C)cc1NC(=O)c1cc2ccccc2cc1OCC(=O)NCCc1ccc(F)cc1. The number of amides is 2. The van der Waals surface area contributed by atoms with Gasteiger partial charge in [-0.15, -0.1) is 0 Å². The van der Waals surface area contributed by atoms with Gasteiger partial charge in [0.15, 0.2) is 6.61 Å². The van der Waals surface area contributed by atoms with E-state index in [-0.39, 0.29) is 24.2 Å². The zero-order valence-corrected chi connectivity index (χ0v) is 20.1. The lowest BCUT2D eigenvalue weighted by molar-refractivity contribution is -0.123. The Morgan fingerprint density at radius 3 is 2.33 bits per heavy atom. The van der Waals surface area contributed by atoms with Gasteiger partial charge in [-0.05, 0) is 71.6 Å². The maximum atomic E-state index is 13.3. The van der Waals surface area contributed by atoms with Crippen molar-refractivity contribution in [3.05, 3.63) is 101 Å². The number of ether oxygens (including phenoxy) is 2. The molecule has 0 spiro atoms. The molecule has 4 aromatic carbocycles. The lowest BCUT2D eigenvalue weighted by atomic mass is 10.0. The topological polar surface area (TPSA) is 76.7 Å². The van der Waals surface area contributed by atoms with Gasteiger partial charge in [-0.2, -0.15) is 0 Å². The van der Waals surface area contributed by atoms with Crippen LogP contribution in [0, 0.1) is 12.7 Å². The zero-order chi connectivity index (χ0) is 25.5. The first kappa shape index (κ1) is 24.7. The number of nitrogens with one attached hydrogen (secondary N) is 2.